The van der Waals surface area contributed by atoms with Gasteiger partial charge in [-0.2, -0.15) is 0 Å². The number of nitrogens with one attached hydrogen (secondary N) is 1. The number of benzene rings is 2. The molecule has 2 aromatic carbocycles. The highest BCUT2D eigenvalue weighted by Gasteiger charge is 2.42. The maximum atomic E-state index is 14.0. The molecule has 5 heteroatoms. The fraction of sp³-hybridized carbons (Fsp3) is 0.278. The van der Waals surface area contributed by atoms with Crippen LogP contribution in [0.2, 0.25) is 10.0 Å². The second kappa shape index (κ2) is 6.50. The molecule has 0 saturated heterocycles. The van der Waals surface area contributed by atoms with Crippen LogP contribution in [0.15, 0.2) is 42.5 Å². The smallest absolute Gasteiger partial charge is 0.235 e. The van der Waals surface area contributed by atoms with Crippen molar-refractivity contribution in [3.8, 4) is 0 Å². The first kappa shape index (κ1) is 16.3. The number of carbonyl (C=O) groups excluding carboxylic acids is 1. The van der Waals surface area contributed by atoms with Gasteiger partial charge in [-0.15, -0.1) is 0 Å². The highest BCUT2D eigenvalue weighted by molar-refractivity contribution is 6.31. The largest absolute Gasteiger partial charge is 0.323 e. The first-order valence-corrected chi connectivity index (χ1v) is 8.29. The van der Waals surface area contributed by atoms with E-state index in [4.69, 9.17) is 23.2 Å². The zero-order valence-electron chi connectivity index (χ0n) is 12.4. The lowest BCUT2D eigenvalue weighted by Gasteiger charge is -2.28. The van der Waals surface area contributed by atoms with Gasteiger partial charge in [0.05, 0.1) is 11.1 Å². The Kier molecular flexibility index (Phi) is 4.60. The molecule has 0 unspecified atom stereocenters. The fourth-order valence-electron chi connectivity index (χ4n) is 3.23. The Morgan fingerprint density at radius 1 is 1.00 bits per heavy atom. The van der Waals surface area contributed by atoms with Gasteiger partial charge in [0.25, 0.3) is 0 Å². The minimum atomic E-state index is -0.628. The van der Waals surface area contributed by atoms with Crippen LogP contribution >= 0.6 is 23.2 Å². The van der Waals surface area contributed by atoms with Gasteiger partial charge in [0.2, 0.25) is 5.91 Å². The molecule has 2 aromatic rings. The van der Waals surface area contributed by atoms with Crippen molar-refractivity contribution in [1.82, 2.24) is 0 Å². The van der Waals surface area contributed by atoms with E-state index in [0.717, 1.165) is 31.2 Å². The van der Waals surface area contributed by atoms with E-state index in [0.29, 0.717) is 10.0 Å². The molecule has 1 saturated carbocycles. The lowest BCUT2D eigenvalue weighted by Crippen LogP contribution is -2.38. The topological polar surface area (TPSA) is 29.1 Å². The minimum Gasteiger partial charge on any atom is -0.323 e. The van der Waals surface area contributed by atoms with Crippen LogP contribution in [-0.2, 0) is 10.2 Å². The Morgan fingerprint density at radius 2 is 1.61 bits per heavy atom. The summed E-state index contributed by atoms with van der Waals surface area (Å²) in [5.41, 5.74) is 0.447. The van der Waals surface area contributed by atoms with Crippen LogP contribution in [0.5, 0.6) is 0 Å². The van der Waals surface area contributed by atoms with Gasteiger partial charge in [0, 0.05) is 10.0 Å². The summed E-state index contributed by atoms with van der Waals surface area (Å²) in [6.45, 7) is 0. The molecule has 2 nitrogen and oxygen atoms in total. The number of anilines is 1. The van der Waals surface area contributed by atoms with Crippen LogP contribution in [0.25, 0.3) is 0 Å². The molecule has 3 rings (SSSR count). The van der Waals surface area contributed by atoms with Crippen molar-refractivity contribution in [2.75, 3.05) is 5.32 Å². The van der Waals surface area contributed by atoms with Crippen LogP contribution < -0.4 is 5.32 Å². The predicted molar refractivity (Wildman–Crippen MR) is 91.6 cm³/mol. The van der Waals surface area contributed by atoms with Gasteiger partial charge in [0.1, 0.15) is 5.82 Å². The van der Waals surface area contributed by atoms with Gasteiger partial charge >= 0.3 is 0 Å². The van der Waals surface area contributed by atoms with Crippen LogP contribution in [0.4, 0.5) is 10.1 Å². The first-order chi connectivity index (χ1) is 11.0. The lowest BCUT2D eigenvalue weighted by atomic mass is 9.78. The standard InChI is InChI=1S/C18H16Cl2FNO/c19-13-5-3-12(4-6-13)18(9-1-2-10-18)17(23)22-16-8-7-14(20)11-15(16)21/h3-8,11H,1-2,9-10H2,(H,22,23). The highest BCUT2D eigenvalue weighted by atomic mass is 35.5. The monoisotopic (exact) mass is 351 g/mol. The van der Waals surface area contributed by atoms with Crippen molar-refractivity contribution in [1.29, 1.82) is 0 Å². The molecule has 0 bridgehead atoms. The van der Waals surface area contributed by atoms with E-state index < -0.39 is 11.2 Å². The molecule has 23 heavy (non-hydrogen) atoms. The van der Waals surface area contributed by atoms with Crippen molar-refractivity contribution >= 4 is 34.8 Å². The molecule has 1 aliphatic rings. The summed E-state index contributed by atoms with van der Waals surface area (Å²) in [6.07, 6.45) is 3.43. The SMILES string of the molecule is O=C(Nc1ccc(Cl)cc1F)C1(c2ccc(Cl)cc2)CCCC1. The molecule has 1 N–H and O–H groups in total. The van der Waals surface area contributed by atoms with E-state index in [1.54, 1.807) is 18.2 Å². The molecule has 0 spiro atoms. The summed E-state index contributed by atoms with van der Waals surface area (Å²) in [6, 6.07) is 11.6. The zero-order chi connectivity index (χ0) is 16.4. The molecule has 1 fully saturated rings. The Hall–Kier alpha value is -1.58. The number of hydrogen-bond donors (Lipinski definition) is 1. The van der Waals surface area contributed by atoms with Crippen molar-refractivity contribution in [3.63, 3.8) is 0 Å². The van der Waals surface area contributed by atoms with Gasteiger partial charge in [-0.25, -0.2) is 4.39 Å². The highest BCUT2D eigenvalue weighted by Crippen LogP contribution is 2.42. The normalized spacial score (nSPS) is 16.3. The molecule has 1 aliphatic carbocycles. The summed E-state index contributed by atoms with van der Waals surface area (Å²) in [4.78, 5) is 12.9. The average molecular weight is 352 g/mol. The van der Waals surface area contributed by atoms with Gasteiger partial charge in [-0.3, -0.25) is 4.79 Å². The molecule has 120 valence electrons. The zero-order valence-corrected chi connectivity index (χ0v) is 13.9. The lowest BCUT2D eigenvalue weighted by molar-refractivity contribution is -0.121. The molecular weight excluding hydrogens is 336 g/mol. The maximum Gasteiger partial charge on any atom is 0.235 e. The fourth-order valence-corrected chi connectivity index (χ4v) is 3.51. The number of halogens is 3. The number of rotatable bonds is 3. The van der Waals surface area contributed by atoms with E-state index in [-0.39, 0.29) is 11.6 Å². The van der Waals surface area contributed by atoms with Gasteiger partial charge in [0.15, 0.2) is 0 Å². The molecule has 0 aliphatic heterocycles. The van der Waals surface area contributed by atoms with Gasteiger partial charge in [-0.05, 0) is 48.7 Å². The summed E-state index contributed by atoms with van der Waals surface area (Å²) < 4.78 is 14.0. The molecule has 0 aromatic heterocycles. The van der Waals surface area contributed by atoms with Crippen LogP contribution in [0.3, 0.4) is 0 Å². The molecule has 0 heterocycles. The van der Waals surface area contributed by atoms with E-state index in [1.807, 2.05) is 12.1 Å². The van der Waals surface area contributed by atoms with Gasteiger partial charge in [-0.1, -0.05) is 48.2 Å². The number of amides is 1. The van der Waals surface area contributed by atoms with E-state index >= 15 is 0 Å². The predicted octanol–water partition coefficient (Wildman–Crippen LogP) is 5.58. The maximum absolute atomic E-state index is 14.0. The summed E-state index contributed by atoms with van der Waals surface area (Å²) in [7, 11) is 0. The third-order valence-corrected chi connectivity index (χ3v) is 4.95. The second-order valence-electron chi connectivity index (χ2n) is 5.87. The summed E-state index contributed by atoms with van der Waals surface area (Å²) in [5, 5.41) is 3.66. The Bertz CT molecular complexity index is 724. The van der Waals surface area contributed by atoms with E-state index in [9.17, 15) is 9.18 Å². The molecule has 0 atom stereocenters. The minimum absolute atomic E-state index is 0.152. The summed E-state index contributed by atoms with van der Waals surface area (Å²) >= 11 is 11.7. The molecule has 0 radical (unpaired) electrons. The molecular formula is C18H16Cl2FNO. The van der Waals surface area contributed by atoms with E-state index in [2.05, 4.69) is 5.32 Å². The third kappa shape index (κ3) is 3.22. The van der Waals surface area contributed by atoms with Crippen LogP contribution in [0.1, 0.15) is 31.2 Å². The Balaban J connectivity index is 1.91. The molecule has 1 amide bonds. The van der Waals surface area contributed by atoms with E-state index in [1.165, 1.54) is 12.1 Å². The first-order valence-electron chi connectivity index (χ1n) is 7.54. The third-order valence-electron chi connectivity index (χ3n) is 4.47. The quantitative estimate of drug-likeness (QED) is 0.767. The Labute approximate surface area is 144 Å². The van der Waals surface area contributed by atoms with Crippen molar-refractivity contribution in [3.05, 3.63) is 63.9 Å². The second-order valence-corrected chi connectivity index (χ2v) is 6.75. The summed E-state index contributed by atoms with van der Waals surface area (Å²) in [5.74, 6) is -0.714. The van der Waals surface area contributed by atoms with Crippen LogP contribution in [-0.4, -0.2) is 5.91 Å². The van der Waals surface area contributed by atoms with Crippen molar-refractivity contribution in [2.24, 2.45) is 0 Å². The number of carbonyl (C=O) groups is 1. The van der Waals surface area contributed by atoms with Gasteiger partial charge < -0.3 is 5.32 Å². The average Bonchev–Trinajstić information content (AvgIpc) is 3.01. The van der Waals surface area contributed by atoms with Crippen molar-refractivity contribution in [2.45, 2.75) is 31.1 Å². The van der Waals surface area contributed by atoms with Crippen molar-refractivity contribution < 1.29 is 9.18 Å². The Morgan fingerprint density at radius 3 is 2.22 bits per heavy atom. The van der Waals surface area contributed by atoms with Crippen LogP contribution in [0, 0.1) is 5.82 Å². The number of hydrogen-bond acceptors (Lipinski definition) is 1.